The summed E-state index contributed by atoms with van der Waals surface area (Å²) in [6, 6.07) is 9.74. The van der Waals surface area contributed by atoms with Crippen LogP contribution >= 0.6 is 22.7 Å². The quantitative estimate of drug-likeness (QED) is 0.580. The first kappa shape index (κ1) is 22.7. The molecule has 8 heteroatoms. The molecule has 3 aromatic rings. The lowest BCUT2D eigenvalue weighted by Gasteiger charge is -2.11. The Balaban J connectivity index is 2.37. The number of nitrogens with one attached hydrogen (secondary N) is 1. The maximum atomic E-state index is 13.5. The number of nitriles is 1. The molecule has 0 fully saturated rings. The number of carbonyl (C=O) groups excluding carboxylic acids is 1. The van der Waals surface area contributed by atoms with Crippen LogP contribution in [0.4, 0.5) is 0 Å². The van der Waals surface area contributed by atoms with E-state index in [4.69, 9.17) is 4.74 Å². The SMILES string of the molecule is COCCNC(=O)/C(C#N)=c1\s/c(=C\c2sccc2C)c(=O)n1-c1c(C)cccc1C. The number of thiophene rings is 1. The highest BCUT2D eigenvalue weighted by atomic mass is 32.1. The van der Waals surface area contributed by atoms with Gasteiger partial charge < -0.3 is 10.1 Å². The first-order valence-electron chi connectivity index (χ1n) is 9.64. The van der Waals surface area contributed by atoms with Gasteiger partial charge in [0.15, 0.2) is 5.57 Å². The summed E-state index contributed by atoms with van der Waals surface area (Å²) in [6.07, 6.45) is 1.83. The van der Waals surface area contributed by atoms with Crippen molar-refractivity contribution in [1.29, 1.82) is 5.26 Å². The molecule has 1 aromatic carbocycles. The molecule has 2 heterocycles. The molecule has 0 radical (unpaired) electrons. The van der Waals surface area contributed by atoms with E-state index in [9.17, 15) is 14.9 Å². The van der Waals surface area contributed by atoms with Crippen LogP contribution in [-0.2, 0) is 9.53 Å². The minimum absolute atomic E-state index is 0.0941. The fraction of sp³-hybridized carbons (Fsp3) is 0.261. The first-order valence-corrected chi connectivity index (χ1v) is 11.3. The molecule has 2 aromatic heterocycles. The molecular weight excluding hydrogens is 430 g/mol. The van der Waals surface area contributed by atoms with Crippen LogP contribution in [0.2, 0.25) is 0 Å². The van der Waals surface area contributed by atoms with Gasteiger partial charge in [-0.2, -0.15) is 5.26 Å². The highest BCUT2D eigenvalue weighted by molar-refractivity contribution is 7.11. The Hall–Kier alpha value is -2.99. The molecule has 0 spiro atoms. The van der Waals surface area contributed by atoms with Crippen LogP contribution in [0.5, 0.6) is 0 Å². The van der Waals surface area contributed by atoms with Crippen molar-refractivity contribution in [3.8, 4) is 11.8 Å². The zero-order valence-corrected chi connectivity index (χ0v) is 19.4. The molecule has 0 aliphatic rings. The number of amides is 1. The molecule has 0 unspecified atom stereocenters. The lowest BCUT2D eigenvalue weighted by atomic mass is 10.1. The van der Waals surface area contributed by atoms with Gasteiger partial charge in [0.25, 0.3) is 11.5 Å². The summed E-state index contributed by atoms with van der Waals surface area (Å²) >= 11 is 2.70. The number of hydrogen-bond acceptors (Lipinski definition) is 6. The van der Waals surface area contributed by atoms with Crippen molar-refractivity contribution in [2.45, 2.75) is 20.8 Å². The Bertz CT molecular complexity index is 1320. The van der Waals surface area contributed by atoms with E-state index in [0.717, 1.165) is 32.9 Å². The molecule has 0 saturated heterocycles. The van der Waals surface area contributed by atoms with E-state index < -0.39 is 5.91 Å². The third-order valence-corrected chi connectivity index (χ3v) is 6.85. The van der Waals surface area contributed by atoms with Crippen LogP contribution in [0.25, 0.3) is 17.3 Å². The van der Waals surface area contributed by atoms with Crippen LogP contribution in [0, 0.1) is 32.1 Å². The maximum Gasteiger partial charge on any atom is 0.273 e. The second-order valence-electron chi connectivity index (χ2n) is 7.00. The number of aromatic nitrogens is 1. The van der Waals surface area contributed by atoms with E-state index in [1.165, 1.54) is 11.7 Å². The van der Waals surface area contributed by atoms with Crippen LogP contribution < -0.4 is 20.1 Å². The van der Waals surface area contributed by atoms with Crippen molar-refractivity contribution in [3.63, 3.8) is 0 Å². The van der Waals surface area contributed by atoms with Gasteiger partial charge in [0.1, 0.15) is 10.7 Å². The van der Waals surface area contributed by atoms with Crippen molar-refractivity contribution in [2.75, 3.05) is 20.3 Å². The smallest absolute Gasteiger partial charge is 0.273 e. The average Bonchev–Trinajstić information content (AvgIpc) is 3.27. The highest BCUT2D eigenvalue weighted by Crippen LogP contribution is 2.17. The number of methoxy groups -OCH3 is 1. The molecule has 0 aliphatic heterocycles. The zero-order valence-electron chi connectivity index (χ0n) is 17.8. The monoisotopic (exact) mass is 453 g/mol. The lowest BCUT2D eigenvalue weighted by Crippen LogP contribution is -2.35. The van der Waals surface area contributed by atoms with Crippen LogP contribution in [0.3, 0.4) is 0 Å². The number of thiazole rings is 1. The molecule has 0 aliphatic carbocycles. The van der Waals surface area contributed by atoms with Crippen molar-refractivity contribution >= 4 is 40.2 Å². The van der Waals surface area contributed by atoms with Crippen LogP contribution in [0.15, 0.2) is 34.4 Å². The van der Waals surface area contributed by atoms with E-state index in [-0.39, 0.29) is 17.7 Å². The maximum absolute atomic E-state index is 13.5. The lowest BCUT2D eigenvalue weighted by molar-refractivity contribution is -0.115. The van der Waals surface area contributed by atoms with E-state index in [1.807, 2.05) is 62.6 Å². The molecule has 160 valence electrons. The number of nitrogens with zero attached hydrogens (tertiary/aromatic N) is 2. The summed E-state index contributed by atoms with van der Waals surface area (Å²) in [5, 5.41) is 14.5. The number of rotatable bonds is 6. The fourth-order valence-electron chi connectivity index (χ4n) is 3.21. The van der Waals surface area contributed by atoms with E-state index in [0.29, 0.717) is 21.5 Å². The molecule has 0 bridgehead atoms. The Labute approximate surface area is 188 Å². The molecule has 1 amide bonds. The van der Waals surface area contributed by atoms with Crippen molar-refractivity contribution in [3.05, 3.63) is 70.8 Å². The third-order valence-electron chi connectivity index (χ3n) is 4.80. The van der Waals surface area contributed by atoms with Gasteiger partial charge in [0.05, 0.1) is 16.8 Å². The van der Waals surface area contributed by atoms with Gasteiger partial charge in [0.2, 0.25) is 0 Å². The molecule has 0 atom stereocenters. The predicted octanol–water partition coefficient (Wildman–Crippen LogP) is 2.15. The van der Waals surface area contributed by atoms with Gasteiger partial charge in [-0.3, -0.25) is 14.2 Å². The van der Waals surface area contributed by atoms with Gasteiger partial charge in [-0.1, -0.05) is 18.2 Å². The summed E-state index contributed by atoms with van der Waals surface area (Å²) in [7, 11) is 1.54. The van der Waals surface area contributed by atoms with Crippen molar-refractivity contribution in [2.24, 2.45) is 0 Å². The number of para-hydroxylation sites is 1. The van der Waals surface area contributed by atoms with Crippen LogP contribution in [-0.4, -0.2) is 30.7 Å². The molecule has 0 saturated carbocycles. The second-order valence-corrected chi connectivity index (χ2v) is 8.98. The largest absolute Gasteiger partial charge is 0.383 e. The molecule has 31 heavy (non-hydrogen) atoms. The molecule has 3 rings (SSSR count). The number of aryl methyl sites for hydroxylation is 3. The Morgan fingerprint density at radius 2 is 1.94 bits per heavy atom. The molecule has 6 nitrogen and oxygen atoms in total. The van der Waals surface area contributed by atoms with Gasteiger partial charge in [-0.05, 0) is 55.0 Å². The average molecular weight is 454 g/mol. The summed E-state index contributed by atoms with van der Waals surface area (Å²) in [6.45, 7) is 6.40. The topological polar surface area (TPSA) is 84.1 Å². The Morgan fingerprint density at radius 3 is 2.52 bits per heavy atom. The summed E-state index contributed by atoms with van der Waals surface area (Å²) in [5.41, 5.74) is 3.19. The standard InChI is InChI=1S/C23H23N3O3S2/c1-14-8-11-30-18(14)12-19-22(28)26(20-15(2)6-5-7-16(20)3)23(31-19)17(13-24)21(27)25-9-10-29-4/h5-8,11-12H,9-10H2,1-4H3,(H,25,27)/b19-12-,23-17-. The van der Waals surface area contributed by atoms with Crippen LogP contribution in [0.1, 0.15) is 21.6 Å². The predicted molar refractivity (Wildman–Crippen MR) is 125 cm³/mol. The summed E-state index contributed by atoms with van der Waals surface area (Å²) in [4.78, 5) is 27.2. The Morgan fingerprint density at radius 1 is 1.23 bits per heavy atom. The highest BCUT2D eigenvalue weighted by Gasteiger charge is 2.18. The van der Waals surface area contributed by atoms with Gasteiger partial charge in [-0.15, -0.1) is 22.7 Å². The molecule has 1 N–H and O–H groups in total. The number of ether oxygens (including phenoxy) is 1. The summed E-state index contributed by atoms with van der Waals surface area (Å²) < 4.78 is 7.26. The van der Waals surface area contributed by atoms with Crippen molar-refractivity contribution in [1.82, 2.24) is 9.88 Å². The zero-order chi connectivity index (χ0) is 22.5. The van der Waals surface area contributed by atoms with E-state index in [1.54, 1.807) is 11.3 Å². The van der Waals surface area contributed by atoms with E-state index in [2.05, 4.69) is 5.32 Å². The van der Waals surface area contributed by atoms with E-state index >= 15 is 0 Å². The number of carbonyl (C=O) groups is 1. The second kappa shape index (κ2) is 9.88. The Kier molecular flexibility index (Phi) is 7.23. The summed E-state index contributed by atoms with van der Waals surface area (Å²) in [5.74, 6) is -0.528. The van der Waals surface area contributed by atoms with Gasteiger partial charge in [0, 0.05) is 18.5 Å². The number of benzene rings is 1. The number of hydrogen-bond donors (Lipinski definition) is 1. The van der Waals surface area contributed by atoms with Gasteiger partial charge in [-0.25, -0.2) is 0 Å². The first-order chi connectivity index (χ1) is 14.9. The van der Waals surface area contributed by atoms with Crippen molar-refractivity contribution < 1.29 is 9.53 Å². The minimum Gasteiger partial charge on any atom is -0.383 e. The third kappa shape index (κ3) is 4.69. The fourth-order valence-corrected chi connectivity index (χ4v) is 5.22. The minimum atomic E-state index is -0.528. The normalized spacial score (nSPS) is 12.5. The molecular formula is C23H23N3O3S2. The van der Waals surface area contributed by atoms with Gasteiger partial charge >= 0.3 is 0 Å².